The van der Waals surface area contributed by atoms with Crippen LogP contribution in [0.5, 0.6) is 0 Å². The predicted octanol–water partition coefficient (Wildman–Crippen LogP) is 2.96. The van der Waals surface area contributed by atoms with Crippen LogP contribution in [0.15, 0.2) is 12.1 Å². The van der Waals surface area contributed by atoms with E-state index in [1.54, 1.807) is 11.0 Å². The number of piperidine rings is 1. The Morgan fingerprint density at radius 1 is 1.35 bits per heavy atom. The molecule has 1 aromatic rings. The third-order valence-electron chi connectivity index (χ3n) is 3.86. The van der Waals surface area contributed by atoms with Gasteiger partial charge in [-0.05, 0) is 45.7 Å². The summed E-state index contributed by atoms with van der Waals surface area (Å²) in [6.45, 7) is 8.24. The third kappa shape index (κ3) is 5.62. The van der Waals surface area contributed by atoms with Crippen LogP contribution in [0.1, 0.15) is 39.3 Å². The predicted molar refractivity (Wildman–Crippen MR) is 89.3 cm³/mol. The van der Waals surface area contributed by atoms with Crippen molar-refractivity contribution in [3.05, 3.63) is 23.0 Å². The minimum Gasteiger partial charge on any atom is -0.444 e. The zero-order valence-electron chi connectivity index (χ0n) is 14.3. The van der Waals surface area contributed by atoms with E-state index in [1.165, 1.54) is 0 Å². The van der Waals surface area contributed by atoms with Gasteiger partial charge < -0.3 is 9.64 Å². The summed E-state index contributed by atoms with van der Waals surface area (Å²) in [6.07, 6.45) is 1.60. The lowest BCUT2D eigenvalue weighted by atomic mass is 10.0. The van der Waals surface area contributed by atoms with Crippen molar-refractivity contribution in [1.29, 1.82) is 0 Å². The topological polar surface area (TPSA) is 58.6 Å². The van der Waals surface area contributed by atoms with Crippen molar-refractivity contribution >= 4 is 17.7 Å². The largest absolute Gasteiger partial charge is 0.444 e. The zero-order valence-corrected chi connectivity index (χ0v) is 15.0. The van der Waals surface area contributed by atoms with Crippen LogP contribution >= 0.6 is 11.6 Å². The Kier molecular flexibility index (Phi) is 5.81. The highest BCUT2D eigenvalue weighted by atomic mass is 35.5. The van der Waals surface area contributed by atoms with E-state index in [4.69, 9.17) is 16.3 Å². The van der Waals surface area contributed by atoms with Crippen LogP contribution in [0, 0.1) is 0 Å². The number of hydrogen-bond acceptors (Lipinski definition) is 5. The fourth-order valence-electron chi connectivity index (χ4n) is 2.60. The number of ether oxygens (including phenoxy) is 1. The average molecular weight is 341 g/mol. The molecule has 1 saturated heterocycles. The smallest absolute Gasteiger partial charge is 0.410 e. The molecule has 0 atom stereocenters. The van der Waals surface area contributed by atoms with Gasteiger partial charge in [-0.15, -0.1) is 5.10 Å². The molecule has 6 nitrogen and oxygen atoms in total. The molecule has 1 fully saturated rings. The van der Waals surface area contributed by atoms with Crippen LogP contribution in [-0.2, 0) is 11.3 Å². The second kappa shape index (κ2) is 7.45. The highest BCUT2D eigenvalue weighted by Crippen LogP contribution is 2.19. The van der Waals surface area contributed by atoms with Gasteiger partial charge in [-0.25, -0.2) is 4.79 Å². The quantitative estimate of drug-likeness (QED) is 0.846. The molecule has 0 radical (unpaired) electrons. The van der Waals surface area contributed by atoms with Gasteiger partial charge in [0.15, 0.2) is 5.15 Å². The second-order valence-corrected chi connectivity index (χ2v) is 7.33. The summed E-state index contributed by atoms with van der Waals surface area (Å²) in [7, 11) is 1.82. The first-order chi connectivity index (χ1) is 10.7. The van der Waals surface area contributed by atoms with Crippen molar-refractivity contribution in [3.63, 3.8) is 0 Å². The number of likely N-dealkylation sites (tertiary alicyclic amines) is 1. The molecule has 2 rings (SSSR count). The fourth-order valence-corrected chi connectivity index (χ4v) is 2.71. The van der Waals surface area contributed by atoms with Crippen LogP contribution in [0.25, 0.3) is 0 Å². The van der Waals surface area contributed by atoms with Gasteiger partial charge in [0.25, 0.3) is 0 Å². The summed E-state index contributed by atoms with van der Waals surface area (Å²) >= 11 is 5.75. The van der Waals surface area contributed by atoms with E-state index < -0.39 is 5.60 Å². The van der Waals surface area contributed by atoms with Crippen LogP contribution < -0.4 is 0 Å². The van der Waals surface area contributed by atoms with Crippen LogP contribution in [-0.4, -0.2) is 57.9 Å². The second-order valence-electron chi connectivity index (χ2n) is 6.95. The summed E-state index contributed by atoms with van der Waals surface area (Å²) in [5.74, 6) is 0. The van der Waals surface area contributed by atoms with E-state index in [0.29, 0.717) is 5.15 Å². The molecule has 1 amide bonds. The molecular formula is C16H25ClN4O2. The standard InChI is InChI=1S/C16H25ClN4O2/c1-16(2,3)23-15(22)20(4)13-7-9-21(10-8-13)11-12-5-6-14(17)19-18-12/h5-6,13H,7-11H2,1-4H3. The number of amides is 1. The lowest BCUT2D eigenvalue weighted by Gasteiger charge is -2.37. The molecule has 0 N–H and O–H groups in total. The number of nitrogens with zero attached hydrogens (tertiary/aromatic N) is 4. The summed E-state index contributed by atoms with van der Waals surface area (Å²) in [5, 5.41) is 8.36. The molecule has 23 heavy (non-hydrogen) atoms. The highest BCUT2D eigenvalue weighted by Gasteiger charge is 2.28. The summed E-state index contributed by atoms with van der Waals surface area (Å²) in [4.78, 5) is 16.2. The molecule has 0 aromatic carbocycles. The third-order valence-corrected chi connectivity index (χ3v) is 4.06. The summed E-state index contributed by atoms with van der Waals surface area (Å²) in [6, 6.07) is 3.87. The van der Waals surface area contributed by atoms with Gasteiger partial charge in [-0.1, -0.05) is 11.6 Å². The fraction of sp³-hybridized carbons (Fsp3) is 0.688. The van der Waals surface area contributed by atoms with Gasteiger partial charge in [0.2, 0.25) is 0 Å². The van der Waals surface area contributed by atoms with E-state index in [9.17, 15) is 4.79 Å². The maximum Gasteiger partial charge on any atom is 0.410 e. The van der Waals surface area contributed by atoms with Crippen LogP contribution in [0.4, 0.5) is 4.79 Å². The van der Waals surface area contributed by atoms with E-state index >= 15 is 0 Å². The molecule has 0 aliphatic carbocycles. The molecule has 0 saturated carbocycles. The molecule has 0 spiro atoms. The first kappa shape index (κ1) is 17.9. The van der Waals surface area contributed by atoms with E-state index in [0.717, 1.165) is 38.2 Å². The Hall–Kier alpha value is -1.40. The average Bonchev–Trinajstić information content (AvgIpc) is 2.48. The Labute approximate surface area is 142 Å². The van der Waals surface area contributed by atoms with Crippen molar-refractivity contribution in [2.75, 3.05) is 20.1 Å². The molecule has 7 heteroatoms. The van der Waals surface area contributed by atoms with Crippen molar-refractivity contribution in [2.45, 2.75) is 51.8 Å². The number of rotatable bonds is 3. The molecule has 0 bridgehead atoms. The summed E-state index contributed by atoms with van der Waals surface area (Å²) in [5.41, 5.74) is 0.451. The first-order valence-corrected chi connectivity index (χ1v) is 8.28. The van der Waals surface area contributed by atoms with E-state index in [1.807, 2.05) is 33.9 Å². The van der Waals surface area contributed by atoms with Crippen LogP contribution in [0.3, 0.4) is 0 Å². The van der Waals surface area contributed by atoms with Gasteiger partial charge in [0, 0.05) is 32.7 Å². The van der Waals surface area contributed by atoms with Gasteiger partial charge in [0.05, 0.1) is 5.69 Å². The first-order valence-electron chi connectivity index (χ1n) is 7.91. The lowest BCUT2D eigenvalue weighted by molar-refractivity contribution is 0.0148. The van der Waals surface area contributed by atoms with Crippen molar-refractivity contribution in [2.24, 2.45) is 0 Å². The zero-order chi connectivity index (χ0) is 17.0. The SMILES string of the molecule is CN(C(=O)OC(C)(C)C)C1CCN(Cc2ccc(Cl)nn2)CC1. The number of carbonyl (C=O) groups is 1. The Balaban J connectivity index is 1.81. The minimum absolute atomic E-state index is 0.220. The highest BCUT2D eigenvalue weighted by molar-refractivity contribution is 6.29. The molecule has 0 unspecified atom stereocenters. The van der Waals surface area contributed by atoms with Gasteiger partial charge in [0.1, 0.15) is 5.60 Å². The van der Waals surface area contributed by atoms with Crippen molar-refractivity contribution in [1.82, 2.24) is 20.0 Å². The monoisotopic (exact) mass is 340 g/mol. The molecule has 128 valence electrons. The van der Waals surface area contributed by atoms with E-state index in [2.05, 4.69) is 15.1 Å². The van der Waals surface area contributed by atoms with Crippen LogP contribution in [0.2, 0.25) is 5.15 Å². The van der Waals surface area contributed by atoms with Crippen molar-refractivity contribution in [3.8, 4) is 0 Å². The van der Waals surface area contributed by atoms with Crippen molar-refractivity contribution < 1.29 is 9.53 Å². The van der Waals surface area contributed by atoms with Gasteiger partial charge >= 0.3 is 6.09 Å². The number of halogens is 1. The van der Waals surface area contributed by atoms with Gasteiger partial charge in [-0.3, -0.25) is 4.90 Å². The number of hydrogen-bond donors (Lipinski definition) is 0. The molecule has 2 heterocycles. The normalized spacial score (nSPS) is 17.1. The Morgan fingerprint density at radius 3 is 2.52 bits per heavy atom. The maximum atomic E-state index is 12.1. The molecule has 1 aliphatic heterocycles. The Morgan fingerprint density at radius 2 is 2.00 bits per heavy atom. The number of carbonyl (C=O) groups excluding carboxylic acids is 1. The Bertz CT molecular complexity index is 522. The summed E-state index contributed by atoms with van der Waals surface area (Å²) < 4.78 is 5.43. The minimum atomic E-state index is -0.459. The molecular weight excluding hydrogens is 316 g/mol. The maximum absolute atomic E-state index is 12.1. The van der Waals surface area contributed by atoms with E-state index in [-0.39, 0.29) is 12.1 Å². The van der Waals surface area contributed by atoms with Gasteiger partial charge in [-0.2, -0.15) is 5.10 Å². The molecule has 1 aliphatic rings. The number of aromatic nitrogens is 2. The lowest BCUT2D eigenvalue weighted by Crippen LogP contribution is -2.46. The molecule has 1 aromatic heterocycles.